The molecule has 3 nitrogen and oxygen atoms in total. The lowest BCUT2D eigenvalue weighted by atomic mass is 9.70. The van der Waals surface area contributed by atoms with Gasteiger partial charge in [-0.05, 0) is 123 Å². The Kier molecular flexibility index (Phi) is 7.73. The first-order valence-electron chi connectivity index (χ1n) is 20.3. The van der Waals surface area contributed by atoms with Crippen LogP contribution in [0, 0.1) is 0 Å². The number of para-hydroxylation sites is 5. The normalized spacial score (nSPS) is 13.2. The molecule has 2 aliphatic rings. The summed E-state index contributed by atoms with van der Waals surface area (Å²) in [6.45, 7) is 0. The lowest BCUT2D eigenvalue weighted by molar-refractivity contribution is 0.794. The van der Waals surface area contributed by atoms with Crippen molar-refractivity contribution >= 4 is 58.6 Å². The fraction of sp³-hybridized carbons (Fsp3) is 0.0182. The smallest absolute Gasteiger partial charge is 0.0726 e. The van der Waals surface area contributed by atoms with Gasteiger partial charge in [-0.3, -0.25) is 0 Å². The monoisotopic (exact) mass is 771 g/mol. The van der Waals surface area contributed by atoms with E-state index in [2.05, 4.69) is 233 Å². The van der Waals surface area contributed by atoms with Crippen LogP contribution in [0.2, 0.25) is 0 Å². The summed E-state index contributed by atoms with van der Waals surface area (Å²) in [7, 11) is 0.338. The maximum absolute atomic E-state index is 3.71. The predicted molar refractivity (Wildman–Crippen MR) is 250 cm³/mol. The van der Waals surface area contributed by atoms with E-state index >= 15 is 0 Å². The van der Waals surface area contributed by atoms with Crippen LogP contribution >= 0.6 is 8.73 Å². The highest BCUT2D eigenvalue weighted by molar-refractivity contribution is 7.49. The Morgan fingerprint density at radius 2 is 0.966 bits per heavy atom. The Labute approximate surface area is 345 Å². The standard InChI is InChI=1S/C55H38N3P/c1-4-18-37(19-5-1)56-51-30-16-17-31-53(51)58(39-22-8-3-9-23-39)59-40-32-33-52-45(34-40)46-35-44-43-26-12-15-29-49(43)55(50(44)36-54(46)57(52)38-20-6-2-7-21-38)47-27-13-10-24-41(47)42-25-11-14-28-48(42)55/h1-36,56,59H. The second kappa shape index (κ2) is 13.5. The first kappa shape index (κ1) is 33.9. The Morgan fingerprint density at radius 3 is 1.64 bits per heavy atom. The fourth-order valence-electron chi connectivity index (χ4n) is 9.95. The van der Waals surface area contributed by atoms with E-state index in [1.54, 1.807) is 0 Å². The highest BCUT2D eigenvalue weighted by Crippen LogP contribution is 2.63. The molecule has 4 heteroatoms. The van der Waals surface area contributed by atoms with E-state index in [1.807, 2.05) is 0 Å². The van der Waals surface area contributed by atoms with Gasteiger partial charge in [-0.2, -0.15) is 0 Å². The first-order chi connectivity index (χ1) is 29.3. The van der Waals surface area contributed by atoms with Gasteiger partial charge in [0, 0.05) is 36.6 Å². The fourth-order valence-corrected chi connectivity index (χ4v) is 11.2. The summed E-state index contributed by atoms with van der Waals surface area (Å²) in [6.07, 6.45) is 0. The number of aromatic nitrogens is 1. The minimum absolute atomic E-state index is 0.338. The van der Waals surface area contributed by atoms with Crippen LogP contribution in [0.1, 0.15) is 22.3 Å². The molecule has 0 bridgehead atoms. The molecule has 1 atom stereocenters. The van der Waals surface area contributed by atoms with E-state index in [-0.39, 0.29) is 0 Å². The third-order valence-electron chi connectivity index (χ3n) is 12.3. The van der Waals surface area contributed by atoms with E-state index in [0.717, 1.165) is 28.4 Å². The third-order valence-corrected chi connectivity index (χ3v) is 13.6. The summed E-state index contributed by atoms with van der Waals surface area (Å²) in [5, 5.41) is 7.49. The minimum Gasteiger partial charge on any atom is -0.354 e. The van der Waals surface area contributed by atoms with E-state index in [0.29, 0.717) is 8.73 Å². The molecule has 12 rings (SSSR count). The number of benzene rings is 9. The quantitative estimate of drug-likeness (QED) is 0.163. The molecule has 0 fully saturated rings. The lowest BCUT2D eigenvalue weighted by Gasteiger charge is -2.30. The number of anilines is 4. The van der Waals surface area contributed by atoms with Gasteiger partial charge < -0.3 is 14.6 Å². The van der Waals surface area contributed by atoms with Crippen molar-refractivity contribution in [2.75, 3.05) is 9.99 Å². The highest BCUT2D eigenvalue weighted by atomic mass is 31.1. The van der Waals surface area contributed by atoms with Gasteiger partial charge in [-0.15, -0.1) is 0 Å². The van der Waals surface area contributed by atoms with Gasteiger partial charge in [-0.25, -0.2) is 0 Å². The maximum atomic E-state index is 3.71. The summed E-state index contributed by atoms with van der Waals surface area (Å²) < 4.78 is 4.94. The summed E-state index contributed by atoms with van der Waals surface area (Å²) in [5.41, 5.74) is 18.3. The third kappa shape index (κ3) is 5.12. The van der Waals surface area contributed by atoms with Crippen molar-refractivity contribution < 1.29 is 0 Å². The van der Waals surface area contributed by atoms with Gasteiger partial charge in [0.05, 0.1) is 27.8 Å². The molecule has 10 aromatic rings. The van der Waals surface area contributed by atoms with Gasteiger partial charge in [-0.1, -0.05) is 146 Å². The molecule has 0 aliphatic heterocycles. The molecular formula is C55H38N3P. The molecule has 59 heavy (non-hydrogen) atoms. The lowest BCUT2D eigenvalue weighted by Crippen LogP contribution is -2.25. The topological polar surface area (TPSA) is 20.2 Å². The molecule has 2 aliphatic carbocycles. The van der Waals surface area contributed by atoms with E-state index in [4.69, 9.17) is 0 Å². The SMILES string of the molecule is c1ccc(Nc2ccccc2N(Pc2ccc3c(c2)c2cc4c(cc2n3-c2ccccc2)C2(c3ccccc3-c3ccccc32)c2ccccc2-4)c2ccccc2)cc1. The molecule has 1 spiro atoms. The average Bonchev–Trinajstić information content (AvgIpc) is 3.90. The first-order valence-corrected chi connectivity index (χ1v) is 21.2. The molecule has 0 saturated carbocycles. The van der Waals surface area contributed by atoms with Gasteiger partial charge in [0.15, 0.2) is 0 Å². The molecule has 1 heterocycles. The largest absolute Gasteiger partial charge is 0.354 e. The second-order valence-corrected chi connectivity index (χ2v) is 16.7. The summed E-state index contributed by atoms with van der Waals surface area (Å²) >= 11 is 0. The van der Waals surface area contributed by atoms with Gasteiger partial charge >= 0.3 is 0 Å². The Hall–Kier alpha value is -7.19. The van der Waals surface area contributed by atoms with E-state index in [1.165, 1.54) is 71.6 Å². The summed E-state index contributed by atoms with van der Waals surface area (Å²) in [4.78, 5) is 0. The summed E-state index contributed by atoms with van der Waals surface area (Å²) in [6, 6.07) is 80.1. The van der Waals surface area contributed by atoms with Crippen LogP contribution in [0.15, 0.2) is 218 Å². The van der Waals surface area contributed by atoms with Crippen molar-refractivity contribution in [2.24, 2.45) is 0 Å². The number of nitrogens with one attached hydrogen (secondary N) is 1. The highest BCUT2D eigenvalue weighted by Gasteiger charge is 2.51. The Morgan fingerprint density at radius 1 is 0.424 bits per heavy atom. The van der Waals surface area contributed by atoms with Crippen molar-refractivity contribution in [3.05, 3.63) is 241 Å². The number of hydrogen-bond donors (Lipinski definition) is 1. The van der Waals surface area contributed by atoms with Crippen LogP contribution < -0.4 is 15.3 Å². The number of nitrogens with zero attached hydrogens (tertiary/aromatic N) is 2. The van der Waals surface area contributed by atoms with Crippen LogP contribution in [-0.4, -0.2) is 4.57 Å². The van der Waals surface area contributed by atoms with E-state index in [9.17, 15) is 0 Å². The van der Waals surface area contributed by atoms with E-state index < -0.39 is 5.41 Å². The Balaban J connectivity index is 1.08. The zero-order valence-corrected chi connectivity index (χ0v) is 33.2. The zero-order chi connectivity index (χ0) is 38.9. The molecule has 1 aromatic heterocycles. The minimum atomic E-state index is -0.408. The van der Waals surface area contributed by atoms with Gasteiger partial charge in [0.2, 0.25) is 0 Å². The number of fused-ring (bicyclic) bond motifs is 13. The molecule has 0 radical (unpaired) electrons. The molecular weight excluding hydrogens is 734 g/mol. The zero-order valence-electron chi connectivity index (χ0n) is 32.2. The molecule has 0 amide bonds. The van der Waals surface area contributed by atoms with Crippen LogP contribution in [0.3, 0.4) is 0 Å². The predicted octanol–water partition coefficient (Wildman–Crippen LogP) is 13.9. The molecule has 1 unspecified atom stereocenters. The average molecular weight is 772 g/mol. The molecule has 278 valence electrons. The number of rotatable bonds is 7. The number of hydrogen-bond acceptors (Lipinski definition) is 2. The summed E-state index contributed by atoms with van der Waals surface area (Å²) in [5.74, 6) is 0. The molecule has 9 aromatic carbocycles. The van der Waals surface area contributed by atoms with Crippen LogP contribution in [0.4, 0.5) is 22.7 Å². The van der Waals surface area contributed by atoms with Gasteiger partial charge in [0.25, 0.3) is 0 Å². The molecule has 0 saturated heterocycles. The van der Waals surface area contributed by atoms with Crippen molar-refractivity contribution in [3.63, 3.8) is 0 Å². The van der Waals surface area contributed by atoms with Crippen molar-refractivity contribution in [3.8, 4) is 27.9 Å². The van der Waals surface area contributed by atoms with Crippen LogP contribution in [-0.2, 0) is 5.41 Å². The van der Waals surface area contributed by atoms with Crippen LogP contribution in [0.25, 0.3) is 49.7 Å². The Bertz CT molecular complexity index is 3180. The van der Waals surface area contributed by atoms with Crippen molar-refractivity contribution in [1.29, 1.82) is 0 Å². The maximum Gasteiger partial charge on any atom is 0.0726 e. The van der Waals surface area contributed by atoms with Gasteiger partial charge in [0.1, 0.15) is 0 Å². The molecule has 1 N–H and O–H groups in total. The van der Waals surface area contributed by atoms with Crippen molar-refractivity contribution in [2.45, 2.75) is 5.41 Å². The second-order valence-electron chi connectivity index (χ2n) is 15.5. The van der Waals surface area contributed by atoms with Crippen molar-refractivity contribution in [1.82, 2.24) is 4.57 Å². The van der Waals surface area contributed by atoms with Crippen LogP contribution in [0.5, 0.6) is 0 Å².